The number of hydrogen-bond acceptors (Lipinski definition) is 2. The van der Waals surface area contributed by atoms with Gasteiger partial charge < -0.3 is 10.1 Å². The van der Waals surface area contributed by atoms with E-state index >= 15 is 0 Å². The van der Waals surface area contributed by atoms with Gasteiger partial charge in [-0.25, -0.2) is 0 Å². The summed E-state index contributed by atoms with van der Waals surface area (Å²) in [5.74, 6) is 0.395. The molecule has 0 bridgehead atoms. The van der Waals surface area contributed by atoms with E-state index in [4.69, 9.17) is 4.74 Å². The lowest BCUT2D eigenvalue weighted by atomic mass is 10.1. The lowest BCUT2D eigenvalue weighted by Gasteiger charge is -2.13. The van der Waals surface area contributed by atoms with Gasteiger partial charge in [0.25, 0.3) is 5.91 Å². The van der Waals surface area contributed by atoms with E-state index in [-0.39, 0.29) is 5.91 Å². The SMILES string of the molecule is COc1c(C(=O)NCc2ccccc2)cc2ccccc2c1Br. The normalized spacial score (nSPS) is 10.5. The maximum absolute atomic E-state index is 12.6. The van der Waals surface area contributed by atoms with Gasteiger partial charge in [0.1, 0.15) is 5.75 Å². The molecular formula is C19H16BrNO2. The smallest absolute Gasteiger partial charge is 0.255 e. The Labute approximate surface area is 143 Å². The molecule has 0 fully saturated rings. The number of benzene rings is 3. The van der Waals surface area contributed by atoms with Crippen LogP contribution in [-0.4, -0.2) is 13.0 Å². The number of rotatable bonds is 4. The van der Waals surface area contributed by atoms with Gasteiger partial charge in [0.2, 0.25) is 0 Å². The number of halogens is 1. The third-order valence-electron chi connectivity index (χ3n) is 3.69. The van der Waals surface area contributed by atoms with Crippen molar-refractivity contribution in [2.75, 3.05) is 7.11 Å². The van der Waals surface area contributed by atoms with Gasteiger partial charge in [-0.05, 0) is 38.3 Å². The van der Waals surface area contributed by atoms with Gasteiger partial charge in [-0.2, -0.15) is 0 Å². The van der Waals surface area contributed by atoms with Gasteiger partial charge in [-0.3, -0.25) is 4.79 Å². The maximum atomic E-state index is 12.6. The molecule has 0 saturated carbocycles. The Bertz CT molecular complexity index is 847. The van der Waals surface area contributed by atoms with Crippen molar-refractivity contribution in [3.05, 3.63) is 76.3 Å². The number of methoxy groups -OCH3 is 1. The molecule has 1 N–H and O–H groups in total. The van der Waals surface area contributed by atoms with Crippen LogP contribution in [0.3, 0.4) is 0 Å². The summed E-state index contributed by atoms with van der Waals surface area (Å²) in [4.78, 5) is 12.6. The largest absolute Gasteiger partial charge is 0.495 e. The highest BCUT2D eigenvalue weighted by Gasteiger charge is 2.17. The lowest BCUT2D eigenvalue weighted by Crippen LogP contribution is -2.23. The molecule has 3 rings (SSSR count). The van der Waals surface area contributed by atoms with Crippen LogP contribution in [-0.2, 0) is 6.54 Å². The first kappa shape index (κ1) is 15.6. The fourth-order valence-corrected chi connectivity index (χ4v) is 3.26. The van der Waals surface area contributed by atoms with Gasteiger partial charge in [-0.15, -0.1) is 0 Å². The summed E-state index contributed by atoms with van der Waals surface area (Å²) in [6, 6.07) is 19.6. The van der Waals surface area contributed by atoms with Crippen LogP contribution in [0.15, 0.2) is 65.1 Å². The highest BCUT2D eigenvalue weighted by molar-refractivity contribution is 9.10. The third-order valence-corrected chi connectivity index (χ3v) is 4.47. The van der Waals surface area contributed by atoms with Crippen LogP contribution in [0.1, 0.15) is 15.9 Å². The highest BCUT2D eigenvalue weighted by Crippen LogP contribution is 2.36. The Morgan fingerprint density at radius 2 is 1.78 bits per heavy atom. The van der Waals surface area contributed by atoms with E-state index in [2.05, 4.69) is 21.2 Å². The topological polar surface area (TPSA) is 38.3 Å². The van der Waals surface area contributed by atoms with Gasteiger partial charge >= 0.3 is 0 Å². The van der Waals surface area contributed by atoms with Crippen molar-refractivity contribution in [3.8, 4) is 5.75 Å². The minimum Gasteiger partial charge on any atom is -0.495 e. The van der Waals surface area contributed by atoms with Crippen molar-refractivity contribution in [1.29, 1.82) is 0 Å². The van der Waals surface area contributed by atoms with Gasteiger partial charge in [0, 0.05) is 6.54 Å². The third kappa shape index (κ3) is 3.22. The van der Waals surface area contributed by atoms with Crippen LogP contribution >= 0.6 is 15.9 Å². The first-order chi connectivity index (χ1) is 11.2. The molecule has 0 radical (unpaired) electrons. The van der Waals surface area contributed by atoms with Crippen molar-refractivity contribution in [1.82, 2.24) is 5.32 Å². The lowest BCUT2D eigenvalue weighted by molar-refractivity contribution is 0.0948. The van der Waals surface area contributed by atoms with Gasteiger partial charge in [-0.1, -0.05) is 54.6 Å². The summed E-state index contributed by atoms with van der Waals surface area (Å²) in [7, 11) is 1.57. The van der Waals surface area contributed by atoms with Crippen molar-refractivity contribution in [3.63, 3.8) is 0 Å². The summed E-state index contributed by atoms with van der Waals surface area (Å²) in [5, 5.41) is 4.95. The minimum atomic E-state index is -0.155. The first-order valence-electron chi connectivity index (χ1n) is 7.28. The molecule has 4 heteroatoms. The fraction of sp³-hybridized carbons (Fsp3) is 0.105. The molecule has 0 aliphatic carbocycles. The van der Waals surface area contributed by atoms with Gasteiger partial charge in [0.05, 0.1) is 17.1 Å². The van der Waals surface area contributed by atoms with Crippen LogP contribution in [0.2, 0.25) is 0 Å². The van der Waals surface area contributed by atoms with E-state index in [1.54, 1.807) is 7.11 Å². The molecule has 0 unspecified atom stereocenters. The summed E-state index contributed by atoms with van der Waals surface area (Å²) in [6.07, 6.45) is 0. The molecule has 1 amide bonds. The molecule has 3 aromatic rings. The van der Waals surface area contributed by atoms with E-state index in [0.29, 0.717) is 17.9 Å². The molecule has 3 aromatic carbocycles. The van der Waals surface area contributed by atoms with E-state index in [0.717, 1.165) is 20.8 Å². The van der Waals surface area contributed by atoms with Crippen LogP contribution in [0.25, 0.3) is 10.8 Å². The van der Waals surface area contributed by atoms with Crippen LogP contribution < -0.4 is 10.1 Å². The van der Waals surface area contributed by atoms with Crippen LogP contribution in [0.4, 0.5) is 0 Å². The Hall–Kier alpha value is -2.33. The van der Waals surface area contributed by atoms with Crippen molar-refractivity contribution in [2.45, 2.75) is 6.54 Å². The number of hydrogen-bond donors (Lipinski definition) is 1. The van der Waals surface area contributed by atoms with Crippen molar-refractivity contribution in [2.24, 2.45) is 0 Å². The minimum absolute atomic E-state index is 0.155. The first-order valence-corrected chi connectivity index (χ1v) is 8.07. The molecule has 0 aliphatic heterocycles. The predicted molar refractivity (Wildman–Crippen MR) is 95.8 cm³/mol. The Morgan fingerprint density at radius 3 is 2.52 bits per heavy atom. The van der Waals surface area contributed by atoms with Crippen molar-refractivity contribution < 1.29 is 9.53 Å². The number of nitrogens with one attached hydrogen (secondary N) is 1. The summed E-state index contributed by atoms with van der Waals surface area (Å²) in [6.45, 7) is 0.479. The summed E-state index contributed by atoms with van der Waals surface area (Å²) < 4.78 is 6.24. The van der Waals surface area contributed by atoms with E-state index < -0.39 is 0 Å². The zero-order valence-electron chi connectivity index (χ0n) is 12.7. The molecule has 0 aliphatic rings. The second-order valence-electron chi connectivity index (χ2n) is 5.16. The van der Waals surface area contributed by atoms with Crippen molar-refractivity contribution >= 4 is 32.6 Å². The quantitative estimate of drug-likeness (QED) is 0.732. The second-order valence-corrected chi connectivity index (χ2v) is 5.95. The summed E-state index contributed by atoms with van der Waals surface area (Å²) >= 11 is 3.55. The molecular weight excluding hydrogens is 354 g/mol. The molecule has 0 heterocycles. The average molecular weight is 370 g/mol. The molecule has 0 spiro atoms. The zero-order chi connectivity index (χ0) is 16.2. The predicted octanol–water partition coefficient (Wildman–Crippen LogP) is 4.54. The monoisotopic (exact) mass is 369 g/mol. The van der Waals surface area contributed by atoms with E-state index in [1.165, 1.54) is 0 Å². The molecule has 23 heavy (non-hydrogen) atoms. The maximum Gasteiger partial charge on any atom is 0.255 e. The van der Waals surface area contributed by atoms with Crippen LogP contribution in [0, 0.1) is 0 Å². The molecule has 3 nitrogen and oxygen atoms in total. The van der Waals surface area contributed by atoms with E-state index in [1.807, 2.05) is 60.7 Å². The van der Waals surface area contributed by atoms with E-state index in [9.17, 15) is 4.79 Å². The zero-order valence-corrected chi connectivity index (χ0v) is 14.3. The molecule has 0 atom stereocenters. The van der Waals surface area contributed by atoms with Gasteiger partial charge in [0.15, 0.2) is 0 Å². The Balaban J connectivity index is 1.93. The number of carbonyl (C=O) groups excluding carboxylic acids is 1. The highest BCUT2D eigenvalue weighted by atomic mass is 79.9. The Kier molecular flexibility index (Phi) is 4.63. The Morgan fingerprint density at radius 1 is 1.09 bits per heavy atom. The summed E-state index contributed by atoms with van der Waals surface area (Å²) in [5.41, 5.74) is 1.58. The number of fused-ring (bicyclic) bond motifs is 1. The molecule has 0 aromatic heterocycles. The molecule has 0 saturated heterocycles. The molecule has 116 valence electrons. The number of amides is 1. The number of carbonyl (C=O) groups is 1. The number of ether oxygens (including phenoxy) is 1. The average Bonchev–Trinajstić information content (AvgIpc) is 2.60. The fourth-order valence-electron chi connectivity index (χ4n) is 2.53. The standard InChI is InChI=1S/C19H16BrNO2/c1-23-18-16(11-14-9-5-6-10-15(14)17(18)20)19(22)21-12-13-7-3-2-4-8-13/h2-11H,12H2,1H3,(H,21,22). The second kappa shape index (κ2) is 6.84. The van der Waals surface area contributed by atoms with Crippen LogP contribution in [0.5, 0.6) is 5.75 Å².